The molecule has 0 atom stereocenters. The number of benzene rings is 1. The van der Waals surface area contributed by atoms with Crippen LogP contribution in [0.25, 0.3) is 0 Å². The Morgan fingerprint density at radius 3 is 2.73 bits per heavy atom. The summed E-state index contributed by atoms with van der Waals surface area (Å²) in [7, 11) is -3.20. The summed E-state index contributed by atoms with van der Waals surface area (Å²) in [6, 6.07) is 7.08. The Labute approximate surface area is 95.5 Å². The molecule has 15 heavy (non-hydrogen) atoms. The Hall–Kier alpha value is -0.740. The minimum absolute atomic E-state index is 0.137. The van der Waals surface area contributed by atoms with Gasteiger partial charge in [-0.2, -0.15) is 0 Å². The fraction of sp³-hybridized carbons (Fsp3) is 0.400. The molecule has 0 saturated heterocycles. The van der Waals surface area contributed by atoms with Crippen LogP contribution in [0.1, 0.15) is 18.9 Å². The van der Waals surface area contributed by atoms with Gasteiger partial charge in [-0.3, -0.25) is 4.72 Å². The predicted octanol–water partition coefficient (Wildman–Crippen LogP) is 2.58. The Kier molecular flexibility index (Phi) is 4.42. The fourth-order valence-corrected chi connectivity index (χ4v) is 2.51. The molecule has 0 fully saturated rings. The summed E-state index contributed by atoms with van der Waals surface area (Å²) in [4.78, 5) is 0. The molecule has 0 heterocycles. The molecule has 0 saturated carbocycles. The molecule has 0 spiro atoms. The molecule has 1 rings (SSSR count). The largest absolute Gasteiger partial charge is 0.284 e. The molecule has 1 aromatic rings. The van der Waals surface area contributed by atoms with E-state index in [4.69, 9.17) is 11.6 Å². The van der Waals surface area contributed by atoms with E-state index in [0.29, 0.717) is 18.0 Å². The van der Waals surface area contributed by atoms with Crippen LogP contribution in [0.4, 0.5) is 5.69 Å². The third kappa shape index (κ3) is 4.10. The molecule has 1 aromatic carbocycles. The van der Waals surface area contributed by atoms with Gasteiger partial charge in [0.15, 0.2) is 0 Å². The molecule has 0 bridgehead atoms. The topological polar surface area (TPSA) is 46.2 Å². The maximum atomic E-state index is 11.5. The van der Waals surface area contributed by atoms with E-state index in [1.165, 1.54) is 0 Å². The normalized spacial score (nSPS) is 11.3. The van der Waals surface area contributed by atoms with Crippen LogP contribution < -0.4 is 4.72 Å². The van der Waals surface area contributed by atoms with Gasteiger partial charge in [0.2, 0.25) is 10.0 Å². The molecule has 0 radical (unpaired) electrons. The second-order valence-electron chi connectivity index (χ2n) is 3.25. The minimum Gasteiger partial charge on any atom is -0.284 e. The quantitative estimate of drug-likeness (QED) is 0.813. The van der Waals surface area contributed by atoms with E-state index in [2.05, 4.69) is 4.72 Å². The van der Waals surface area contributed by atoms with Crippen molar-refractivity contribution in [1.82, 2.24) is 0 Å². The Balaban J connectivity index is 2.80. The lowest BCUT2D eigenvalue weighted by molar-refractivity contribution is 0.600. The second-order valence-corrected chi connectivity index (χ2v) is 5.36. The third-order valence-electron chi connectivity index (χ3n) is 1.83. The van der Waals surface area contributed by atoms with Crippen LogP contribution in [-0.2, 0) is 15.9 Å². The van der Waals surface area contributed by atoms with Gasteiger partial charge in [0, 0.05) is 11.6 Å². The average molecular weight is 248 g/mol. The summed E-state index contributed by atoms with van der Waals surface area (Å²) in [6.07, 6.45) is 0.602. The standard InChI is InChI=1S/C10H14ClNO2S/c1-2-6-15(13,14)12-10-5-3-4-9(7-10)8-11/h3-5,7,12H,2,6,8H2,1H3. The molecule has 0 aromatic heterocycles. The van der Waals surface area contributed by atoms with Gasteiger partial charge in [-0.15, -0.1) is 11.6 Å². The second kappa shape index (κ2) is 5.37. The van der Waals surface area contributed by atoms with Crippen LogP contribution in [0.3, 0.4) is 0 Å². The van der Waals surface area contributed by atoms with Crippen molar-refractivity contribution in [2.75, 3.05) is 10.5 Å². The lowest BCUT2D eigenvalue weighted by atomic mass is 10.2. The lowest BCUT2D eigenvalue weighted by Gasteiger charge is -2.07. The van der Waals surface area contributed by atoms with Crippen molar-refractivity contribution in [2.24, 2.45) is 0 Å². The molecule has 1 N–H and O–H groups in total. The van der Waals surface area contributed by atoms with Gasteiger partial charge in [0.1, 0.15) is 0 Å². The van der Waals surface area contributed by atoms with E-state index in [0.717, 1.165) is 5.56 Å². The molecular weight excluding hydrogens is 234 g/mol. The smallest absolute Gasteiger partial charge is 0.232 e. The zero-order valence-corrected chi connectivity index (χ0v) is 10.1. The highest BCUT2D eigenvalue weighted by Crippen LogP contribution is 2.14. The Bertz CT molecular complexity index is 417. The minimum atomic E-state index is -3.20. The molecule has 5 heteroatoms. The van der Waals surface area contributed by atoms with Gasteiger partial charge >= 0.3 is 0 Å². The Morgan fingerprint density at radius 1 is 1.40 bits per heavy atom. The molecule has 0 aliphatic rings. The zero-order valence-electron chi connectivity index (χ0n) is 8.53. The number of halogens is 1. The lowest BCUT2D eigenvalue weighted by Crippen LogP contribution is -2.16. The highest BCUT2D eigenvalue weighted by Gasteiger charge is 2.08. The van der Waals surface area contributed by atoms with Crippen molar-refractivity contribution < 1.29 is 8.42 Å². The van der Waals surface area contributed by atoms with Crippen molar-refractivity contribution in [2.45, 2.75) is 19.2 Å². The number of hydrogen-bond acceptors (Lipinski definition) is 2. The van der Waals surface area contributed by atoms with Gasteiger partial charge in [-0.1, -0.05) is 19.1 Å². The summed E-state index contributed by atoms with van der Waals surface area (Å²) >= 11 is 5.65. The summed E-state index contributed by atoms with van der Waals surface area (Å²) in [6.45, 7) is 1.83. The van der Waals surface area contributed by atoms with E-state index in [1.807, 2.05) is 13.0 Å². The van der Waals surface area contributed by atoms with Crippen LogP contribution in [-0.4, -0.2) is 14.2 Å². The number of sulfonamides is 1. The van der Waals surface area contributed by atoms with Gasteiger partial charge in [0.25, 0.3) is 0 Å². The number of nitrogens with one attached hydrogen (secondary N) is 1. The number of hydrogen-bond donors (Lipinski definition) is 1. The first-order chi connectivity index (χ1) is 7.07. The van der Waals surface area contributed by atoms with E-state index in [9.17, 15) is 8.42 Å². The van der Waals surface area contributed by atoms with Crippen molar-refractivity contribution in [3.63, 3.8) is 0 Å². The molecule has 0 amide bonds. The molecule has 0 aliphatic heterocycles. The van der Waals surface area contributed by atoms with Crippen molar-refractivity contribution in [1.29, 1.82) is 0 Å². The SMILES string of the molecule is CCCS(=O)(=O)Nc1cccc(CCl)c1. The van der Waals surface area contributed by atoms with Crippen molar-refractivity contribution in [3.05, 3.63) is 29.8 Å². The summed E-state index contributed by atoms with van der Waals surface area (Å²) in [5, 5.41) is 0. The summed E-state index contributed by atoms with van der Waals surface area (Å²) < 4.78 is 25.4. The number of rotatable bonds is 5. The maximum Gasteiger partial charge on any atom is 0.232 e. The first kappa shape index (κ1) is 12.3. The molecule has 84 valence electrons. The maximum absolute atomic E-state index is 11.5. The van der Waals surface area contributed by atoms with Gasteiger partial charge < -0.3 is 0 Å². The summed E-state index contributed by atoms with van der Waals surface area (Å²) in [5.74, 6) is 0.515. The van der Waals surface area contributed by atoms with E-state index >= 15 is 0 Å². The number of anilines is 1. The van der Waals surface area contributed by atoms with Crippen LogP contribution in [0, 0.1) is 0 Å². The van der Waals surface area contributed by atoms with Crippen molar-refractivity contribution in [3.8, 4) is 0 Å². The highest BCUT2D eigenvalue weighted by molar-refractivity contribution is 7.92. The highest BCUT2D eigenvalue weighted by atomic mass is 35.5. The molecule has 0 unspecified atom stereocenters. The molecular formula is C10H14ClNO2S. The average Bonchev–Trinajstić information content (AvgIpc) is 2.17. The number of alkyl halides is 1. The molecule has 3 nitrogen and oxygen atoms in total. The predicted molar refractivity (Wildman–Crippen MR) is 63.7 cm³/mol. The van der Waals surface area contributed by atoms with E-state index < -0.39 is 10.0 Å². The van der Waals surface area contributed by atoms with E-state index in [1.54, 1.807) is 18.2 Å². The van der Waals surface area contributed by atoms with Crippen LogP contribution in [0.5, 0.6) is 0 Å². The monoisotopic (exact) mass is 247 g/mol. The zero-order chi connectivity index (χ0) is 11.3. The van der Waals surface area contributed by atoms with Gasteiger partial charge in [-0.25, -0.2) is 8.42 Å². The Morgan fingerprint density at radius 2 is 2.13 bits per heavy atom. The van der Waals surface area contributed by atoms with E-state index in [-0.39, 0.29) is 5.75 Å². The van der Waals surface area contributed by atoms with Gasteiger partial charge in [0.05, 0.1) is 5.75 Å². The van der Waals surface area contributed by atoms with Crippen LogP contribution in [0.2, 0.25) is 0 Å². The van der Waals surface area contributed by atoms with Crippen LogP contribution in [0.15, 0.2) is 24.3 Å². The van der Waals surface area contributed by atoms with Crippen LogP contribution >= 0.6 is 11.6 Å². The third-order valence-corrected chi connectivity index (χ3v) is 3.63. The molecule has 0 aliphatic carbocycles. The first-order valence-corrected chi connectivity index (χ1v) is 6.91. The fourth-order valence-electron chi connectivity index (χ4n) is 1.22. The first-order valence-electron chi connectivity index (χ1n) is 4.73. The van der Waals surface area contributed by atoms with Gasteiger partial charge in [-0.05, 0) is 24.1 Å². The summed E-state index contributed by atoms with van der Waals surface area (Å²) in [5.41, 5.74) is 1.47. The van der Waals surface area contributed by atoms with Crippen molar-refractivity contribution >= 4 is 27.3 Å².